The molecular formula is C13H19N3O2. The molecule has 0 aliphatic heterocycles. The van der Waals surface area contributed by atoms with E-state index in [-0.39, 0.29) is 5.91 Å². The Morgan fingerprint density at radius 2 is 2.11 bits per heavy atom. The first-order valence-corrected chi connectivity index (χ1v) is 5.66. The van der Waals surface area contributed by atoms with Crippen LogP contribution in [0.15, 0.2) is 35.8 Å². The van der Waals surface area contributed by atoms with Crippen molar-refractivity contribution in [2.45, 2.75) is 13.5 Å². The lowest BCUT2D eigenvalue weighted by Gasteiger charge is -2.16. The van der Waals surface area contributed by atoms with E-state index in [4.69, 9.17) is 10.3 Å². The van der Waals surface area contributed by atoms with Gasteiger partial charge in [0.2, 0.25) is 0 Å². The molecule has 0 bridgehead atoms. The zero-order valence-electron chi connectivity index (χ0n) is 10.6. The molecule has 0 unspecified atom stereocenters. The Morgan fingerprint density at radius 1 is 1.50 bits per heavy atom. The van der Waals surface area contributed by atoms with Crippen LogP contribution in [0, 0.1) is 6.92 Å². The van der Waals surface area contributed by atoms with E-state index in [0.29, 0.717) is 17.9 Å². The third-order valence-electron chi connectivity index (χ3n) is 2.50. The van der Waals surface area contributed by atoms with Crippen molar-refractivity contribution in [2.24, 2.45) is 5.84 Å². The van der Waals surface area contributed by atoms with Crippen LogP contribution in [0.5, 0.6) is 0 Å². The minimum atomic E-state index is -0.346. The molecule has 98 valence electrons. The Balaban J connectivity index is 2.80. The highest BCUT2D eigenvalue weighted by atomic mass is 16.3. The van der Waals surface area contributed by atoms with E-state index in [1.54, 1.807) is 13.0 Å². The highest BCUT2D eigenvalue weighted by Crippen LogP contribution is 2.16. The van der Waals surface area contributed by atoms with Crippen molar-refractivity contribution < 1.29 is 9.21 Å². The summed E-state index contributed by atoms with van der Waals surface area (Å²) in [7, 11) is 0. The third kappa shape index (κ3) is 3.58. The molecule has 0 fully saturated rings. The minimum Gasteiger partial charge on any atom is -0.464 e. The molecule has 5 nitrogen and oxygen atoms in total. The van der Waals surface area contributed by atoms with Gasteiger partial charge in [0.15, 0.2) is 0 Å². The van der Waals surface area contributed by atoms with Gasteiger partial charge in [0.05, 0.1) is 12.1 Å². The number of nitrogen functional groups attached to an aromatic ring is 1. The molecule has 0 atom stereocenters. The second-order valence-electron chi connectivity index (χ2n) is 3.93. The molecule has 0 spiro atoms. The summed E-state index contributed by atoms with van der Waals surface area (Å²) >= 11 is 0. The second kappa shape index (κ2) is 6.78. The number of rotatable bonds is 7. The van der Waals surface area contributed by atoms with Gasteiger partial charge >= 0.3 is 0 Å². The summed E-state index contributed by atoms with van der Waals surface area (Å²) in [5.74, 6) is 6.03. The van der Waals surface area contributed by atoms with Crippen molar-refractivity contribution in [1.82, 2.24) is 10.3 Å². The fourth-order valence-corrected chi connectivity index (χ4v) is 1.71. The van der Waals surface area contributed by atoms with E-state index in [1.165, 1.54) is 0 Å². The molecule has 0 radical (unpaired) electrons. The topological polar surface area (TPSA) is 71.5 Å². The molecule has 1 aromatic rings. The maximum atomic E-state index is 11.4. The number of hydrogen-bond acceptors (Lipinski definition) is 4. The van der Waals surface area contributed by atoms with Gasteiger partial charge in [0.1, 0.15) is 11.5 Å². The Bertz CT molecular complexity index is 427. The van der Waals surface area contributed by atoms with Crippen molar-refractivity contribution in [2.75, 3.05) is 13.1 Å². The van der Waals surface area contributed by atoms with E-state index in [2.05, 4.69) is 23.5 Å². The van der Waals surface area contributed by atoms with Gasteiger partial charge in [-0.05, 0) is 13.0 Å². The van der Waals surface area contributed by atoms with E-state index < -0.39 is 0 Å². The molecule has 1 aromatic heterocycles. The summed E-state index contributed by atoms with van der Waals surface area (Å²) in [5.41, 5.74) is 2.56. The summed E-state index contributed by atoms with van der Waals surface area (Å²) in [4.78, 5) is 13.5. The van der Waals surface area contributed by atoms with E-state index >= 15 is 0 Å². The molecule has 0 aliphatic carbocycles. The van der Waals surface area contributed by atoms with Gasteiger partial charge in [-0.25, -0.2) is 5.84 Å². The van der Waals surface area contributed by atoms with Gasteiger partial charge < -0.3 is 4.42 Å². The number of hydrazine groups is 1. The van der Waals surface area contributed by atoms with E-state index in [9.17, 15) is 4.79 Å². The number of furan rings is 1. The Hall–Kier alpha value is -1.85. The number of amides is 1. The fourth-order valence-electron chi connectivity index (χ4n) is 1.71. The summed E-state index contributed by atoms with van der Waals surface area (Å²) in [5, 5.41) is 0. The lowest BCUT2D eigenvalue weighted by molar-refractivity contribution is 0.0952. The van der Waals surface area contributed by atoms with Gasteiger partial charge in [-0.2, -0.15) is 0 Å². The third-order valence-corrected chi connectivity index (χ3v) is 2.50. The van der Waals surface area contributed by atoms with Crippen LogP contribution in [0.2, 0.25) is 0 Å². The number of nitrogens with zero attached hydrogens (tertiary/aromatic N) is 1. The van der Waals surface area contributed by atoms with E-state index in [0.717, 1.165) is 18.8 Å². The Labute approximate surface area is 107 Å². The maximum absolute atomic E-state index is 11.4. The second-order valence-corrected chi connectivity index (χ2v) is 3.93. The van der Waals surface area contributed by atoms with Crippen LogP contribution >= 0.6 is 0 Å². The molecule has 1 rings (SSSR count). The van der Waals surface area contributed by atoms with Gasteiger partial charge in [0.25, 0.3) is 5.91 Å². The molecule has 18 heavy (non-hydrogen) atoms. The molecular weight excluding hydrogens is 230 g/mol. The van der Waals surface area contributed by atoms with Crippen LogP contribution in [-0.2, 0) is 6.54 Å². The first-order chi connectivity index (χ1) is 8.62. The van der Waals surface area contributed by atoms with Crippen molar-refractivity contribution >= 4 is 5.91 Å². The zero-order valence-corrected chi connectivity index (χ0v) is 10.6. The predicted molar refractivity (Wildman–Crippen MR) is 70.8 cm³/mol. The largest absolute Gasteiger partial charge is 0.464 e. The SMILES string of the molecule is C=CCN(CC=C)Cc1cc(C(=O)NN)c(C)o1. The molecule has 0 saturated carbocycles. The van der Waals surface area contributed by atoms with Crippen LogP contribution in [-0.4, -0.2) is 23.9 Å². The number of aryl methyl sites for hydroxylation is 1. The van der Waals surface area contributed by atoms with Crippen LogP contribution in [0.25, 0.3) is 0 Å². The first-order valence-electron chi connectivity index (χ1n) is 5.66. The number of hydrogen-bond donors (Lipinski definition) is 2. The van der Waals surface area contributed by atoms with Gasteiger partial charge in [-0.3, -0.25) is 15.1 Å². The molecule has 1 heterocycles. The van der Waals surface area contributed by atoms with Crippen LogP contribution in [0.3, 0.4) is 0 Å². The first kappa shape index (κ1) is 14.2. The van der Waals surface area contributed by atoms with Crippen LogP contribution in [0.1, 0.15) is 21.9 Å². The zero-order chi connectivity index (χ0) is 13.5. The number of carbonyl (C=O) groups is 1. The Morgan fingerprint density at radius 3 is 2.61 bits per heavy atom. The van der Waals surface area contributed by atoms with Crippen molar-refractivity contribution in [3.63, 3.8) is 0 Å². The minimum absolute atomic E-state index is 0.346. The van der Waals surface area contributed by atoms with Crippen molar-refractivity contribution in [3.8, 4) is 0 Å². The molecule has 1 amide bonds. The van der Waals surface area contributed by atoms with Crippen molar-refractivity contribution in [3.05, 3.63) is 48.5 Å². The van der Waals surface area contributed by atoms with Gasteiger partial charge in [-0.15, -0.1) is 13.2 Å². The summed E-state index contributed by atoms with van der Waals surface area (Å²) in [6.45, 7) is 11.2. The molecule has 0 aliphatic rings. The van der Waals surface area contributed by atoms with Crippen LogP contribution in [0.4, 0.5) is 0 Å². The fraction of sp³-hybridized carbons (Fsp3) is 0.308. The molecule has 0 saturated heterocycles. The maximum Gasteiger partial charge on any atom is 0.268 e. The summed E-state index contributed by atoms with van der Waals surface area (Å²) < 4.78 is 5.53. The monoisotopic (exact) mass is 249 g/mol. The average molecular weight is 249 g/mol. The summed E-state index contributed by atoms with van der Waals surface area (Å²) in [6, 6.07) is 1.71. The highest BCUT2D eigenvalue weighted by molar-refractivity contribution is 5.94. The number of nitrogens with one attached hydrogen (secondary N) is 1. The van der Waals surface area contributed by atoms with Crippen molar-refractivity contribution in [1.29, 1.82) is 0 Å². The van der Waals surface area contributed by atoms with Gasteiger partial charge in [-0.1, -0.05) is 12.2 Å². The number of carbonyl (C=O) groups excluding carboxylic acids is 1. The molecule has 3 N–H and O–H groups in total. The standard InChI is InChI=1S/C13H19N3O2/c1-4-6-16(7-5-2)9-11-8-12(10(3)18-11)13(17)15-14/h4-5,8H,1-2,6-7,9,14H2,3H3,(H,15,17). The highest BCUT2D eigenvalue weighted by Gasteiger charge is 2.15. The van der Waals surface area contributed by atoms with Crippen LogP contribution < -0.4 is 11.3 Å². The smallest absolute Gasteiger partial charge is 0.268 e. The number of nitrogens with two attached hydrogens (primary N) is 1. The van der Waals surface area contributed by atoms with E-state index in [1.807, 2.05) is 12.2 Å². The lowest BCUT2D eigenvalue weighted by atomic mass is 10.2. The average Bonchev–Trinajstić information content (AvgIpc) is 2.70. The summed E-state index contributed by atoms with van der Waals surface area (Å²) in [6.07, 6.45) is 3.62. The lowest BCUT2D eigenvalue weighted by Crippen LogP contribution is -2.30. The molecule has 5 heteroatoms. The van der Waals surface area contributed by atoms with Gasteiger partial charge in [0, 0.05) is 13.1 Å². The predicted octanol–water partition coefficient (Wildman–Crippen LogP) is 1.37. The normalized spacial score (nSPS) is 10.4. The quantitative estimate of drug-likeness (QED) is 0.331. The molecule has 0 aromatic carbocycles. The Kier molecular flexibility index (Phi) is 5.35.